The molecule has 0 heterocycles. The van der Waals surface area contributed by atoms with Gasteiger partial charge in [-0.3, -0.25) is 0 Å². The van der Waals surface area contributed by atoms with Gasteiger partial charge in [0.05, 0.1) is 12.7 Å². The minimum Gasteiger partial charge on any atom is -0.465 e. The highest BCUT2D eigenvalue weighted by Gasteiger charge is 2.05. The molecule has 0 amide bonds. The highest BCUT2D eigenvalue weighted by molar-refractivity contribution is 9.10. The number of carbonyl (C=O) groups is 1. The van der Waals surface area contributed by atoms with Gasteiger partial charge in [-0.1, -0.05) is 64.5 Å². The van der Waals surface area contributed by atoms with Crippen molar-refractivity contribution in [1.29, 1.82) is 0 Å². The molecule has 0 unspecified atom stereocenters. The van der Waals surface area contributed by atoms with E-state index < -0.39 is 0 Å². The van der Waals surface area contributed by atoms with Crippen LogP contribution in [0.2, 0.25) is 0 Å². The SMILES string of the molecule is COC(=O)C(/C=C/c1ccc(Br)cc1)=C/c1ccccc1. The van der Waals surface area contributed by atoms with Gasteiger partial charge in [-0.15, -0.1) is 0 Å². The molecule has 2 rings (SSSR count). The molecule has 0 aromatic heterocycles. The van der Waals surface area contributed by atoms with Crippen LogP contribution < -0.4 is 0 Å². The van der Waals surface area contributed by atoms with E-state index in [1.54, 1.807) is 12.2 Å². The van der Waals surface area contributed by atoms with Crippen molar-refractivity contribution in [1.82, 2.24) is 0 Å². The van der Waals surface area contributed by atoms with Gasteiger partial charge < -0.3 is 4.74 Å². The first-order chi connectivity index (χ1) is 10.2. The van der Waals surface area contributed by atoms with Crippen LogP contribution in [0, 0.1) is 0 Å². The number of ether oxygens (including phenoxy) is 1. The zero-order valence-electron chi connectivity index (χ0n) is 11.6. The summed E-state index contributed by atoms with van der Waals surface area (Å²) in [5, 5.41) is 0. The Kier molecular flexibility index (Phi) is 5.52. The van der Waals surface area contributed by atoms with Crippen LogP contribution in [0.25, 0.3) is 12.2 Å². The van der Waals surface area contributed by atoms with Crippen molar-refractivity contribution in [2.24, 2.45) is 0 Å². The van der Waals surface area contributed by atoms with Gasteiger partial charge in [-0.05, 0) is 35.4 Å². The van der Waals surface area contributed by atoms with Crippen molar-refractivity contribution < 1.29 is 9.53 Å². The molecule has 2 nitrogen and oxygen atoms in total. The molecular weight excluding hydrogens is 328 g/mol. The van der Waals surface area contributed by atoms with Gasteiger partial charge in [0.15, 0.2) is 0 Å². The smallest absolute Gasteiger partial charge is 0.337 e. The minimum absolute atomic E-state index is 0.354. The fraction of sp³-hybridized carbons (Fsp3) is 0.0556. The molecule has 106 valence electrons. The molecule has 0 fully saturated rings. The number of carbonyl (C=O) groups excluding carboxylic acids is 1. The molecule has 2 aromatic rings. The van der Waals surface area contributed by atoms with Crippen LogP contribution in [-0.2, 0) is 9.53 Å². The summed E-state index contributed by atoms with van der Waals surface area (Å²) in [6.45, 7) is 0. The second kappa shape index (κ2) is 7.60. The van der Waals surface area contributed by atoms with Crippen molar-refractivity contribution in [3.63, 3.8) is 0 Å². The molecule has 0 bridgehead atoms. The van der Waals surface area contributed by atoms with E-state index in [0.29, 0.717) is 5.57 Å². The third-order valence-corrected chi connectivity index (χ3v) is 3.40. The second-order valence-electron chi connectivity index (χ2n) is 4.39. The highest BCUT2D eigenvalue weighted by atomic mass is 79.9. The standard InChI is InChI=1S/C18H15BrO2/c1-21-18(20)16(13-15-5-3-2-4-6-15)10-7-14-8-11-17(19)12-9-14/h2-13H,1H3/b10-7+,16-13+. The largest absolute Gasteiger partial charge is 0.465 e. The quantitative estimate of drug-likeness (QED) is 0.456. The molecular formula is C18H15BrO2. The molecule has 0 radical (unpaired) electrons. The lowest BCUT2D eigenvalue weighted by Gasteiger charge is -2.01. The number of hydrogen-bond acceptors (Lipinski definition) is 2. The van der Waals surface area contributed by atoms with Gasteiger partial charge in [0, 0.05) is 4.47 Å². The predicted molar refractivity (Wildman–Crippen MR) is 89.6 cm³/mol. The fourth-order valence-corrected chi connectivity index (χ4v) is 2.05. The van der Waals surface area contributed by atoms with Crippen LogP contribution in [0.1, 0.15) is 11.1 Å². The number of esters is 1. The van der Waals surface area contributed by atoms with E-state index in [-0.39, 0.29) is 5.97 Å². The van der Waals surface area contributed by atoms with E-state index in [1.807, 2.05) is 60.7 Å². The number of halogens is 1. The normalized spacial score (nSPS) is 11.6. The van der Waals surface area contributed by atoms with E-state index in [2.05, 4.69) is 15.9 Å². The first-order valence-electron chi connectivity index (χ1n) is 6.48. The molecule has 0 atom stereocenters. The topological polar surface area (TPSA) is 26.3 Å². The number of benzene rings is 2. The summed E-state index contributed by atoms with van der Waals surface area (Å²) in [6, 6.07) is 17.5. The molecule has 0 saturated heterocycles. The van der Waals surface area contributed by atoms with Gasteiger partial charge in [0.25, 0.3) is 0 Å². The molecule has 3 heteroatoms. The van der Waals surface area contributed by atoms with Crippen LogP contribution in [-0.4, -0.2) is 13.1 Å². The second-order valence-corrected chi connectivity index (χ2v) is 5.30. The van der Waals surface area contributed by atoms with Crippen LogP contribution in [0.5, 0.6) is 0 Å². The van der Waals surface area contributed by atoms with Crippen LogP contribution >= 0.6 is 15.9 Å². The Hall–Kier alpha value is -2.13. The van der Waals surface area contributed by atoms with Crippen LogP contribution in [0.15, 0.2) is 70.7 Å². The summed E-state index contributed by atoms with van der Waals surface area (Å²) in [5.74, 6) is -0.354. The van der Waals surface area contributed by atoms with Crippen molar-refractivity contribution >= 4 is 34.1 Å². The number of rotatable bonds is 4. The third-order valence-electron chi connectivity index (χ3n) is 2.87. The molecule has 2 aromatic carbocycles. The molecule has 21 heavy (non-hydrogen) atoms. The van der Waals surface area contributed by atoms with Gasteiger partial charge in [-0.25, -0.2) is 4.79 Å². The Labute approximate surface area is 132 Å². The molecule has 0 spiro atoms. The van der Waals surface area contributed by atoms with E-state index in [1.165, 1.54) is 7.11 Å². The molecule has 0 aliphatic carbocycles. The van der Waals surface area contributed by atoms with Crippen molar-refractivity contribution in [2.45, 2.75) is 0 Å². The maximum atomic E-state index is 11.8. The predicted octanol–water partition coefficient (Wildman–Crippen LogP) is 4.72. The average Bonchev–Trinajstić information content (AvgIpc) is 2.53. The van der Waals surface area contributed by atoms with E-state index in [9.17, 15) is 4.79 Å². The van der Waals surface area contributed by atoms with Gasteiger partial charge >= 0.3 is 5.97 Å². The monoisotopic (exact) mass is 342 g/mol. The molecule has 0 N–H and O–H groups in total. The van der Waals surface area contributed by atoms with Crippen LogP contribution in [0.4, 0.5) is 0 Å². The Morgan fingerprint density at radius 1 is 1.00 bits per heavy atom. The lowest BCUT2D eigenvalue weighted by Crippen LogP contribution is -2.02. The van der Waals surface area contributed by atoms with Gasteiger partial charge in [-0.2, -0.15) is 0 Å². The Morgan fingerprint density at radius 3 is 2.29 bits per heavy atom. The molecule has 0 aliphatic rings. The Morgan fingerprint density at radius 2 is 1.67 bits per heavy atom. The van der Waals surface area contributed by atoms with Gasteiger partial charge in [0.2, 0.25) is 0 Å². The van der Waals surface area contributed by atoms with E-state index >= 15 is 0 Å². The Balaban J connectivity index is 2.27. The lowest BCUT2D eigenvalue weighted by molar-refractivity contribution is -0.135. The maximum absolute atomic E-state index is 11.8. The van der Waals surface area contributed by atoms with Crippen molar-refractivity contribution in [2.75, 3.05) is 7.11 Å². The van der Waals surface area contributed by atoms with Gasteiger partial charge in [0.1, 0.15) is 0 Å². The zero-order valence-corrected chi connectivity index (χ0v) is 13.2. The van der Waals surface area contributed by atoms with E-state index in [0.717, 1.165) is 15.6 Å². The average molecular weight is 343 g/mol. The highest BCUT2D eigenvalue weighted by Crippen LogP contribution is 2.14. The first-order valence-corrected chi connectivity index (χ1v) is 7.27. The summed E-state index contributed by atoms with van der Waals surface area (Å²) >= 11 is 3.39. The summed E-state index contributed by atoms with van der Waals surface area (Å²) < 4.78 is 5.85. The summed E-state index contributed by atoms with van der Waals surface area (Å²) in [7, 11) is 1.38. The Bertz CT molecular complexity index is 655. The van der Waals surface area contributed by atoms with E-state index in [4.69, 9.17) is 4.74 Å². The summed E-state index contributed by atoms with van der Waals surface area (Å²) in [5.41, 5.74) is 2.48. The molecule has 0 aliphatic heterocycles. The fourth-order valence-electron chi connectivity index (χ4n) is 1.78. The summed E-state index contributed by atoms with van der Waals surface area (Å²) in [6.07, 6.45) is 5.46. The first kappa shape index (κ1) is 15.3. The third kappa shape index (κ3) is 4.72. The van der Waals surface area contributed by atoms with Crippen molar-refractivity contribution in [3.8, 4) is 0 Å². The minimum atomic E-state index is -0.354. The number of hydrogen-bond donors (Lipinski definition) is 0. The van der Waals surface area contributed by atoms with Crippen molar-refractivity contribution in [3.05, 3.63) is 81.8 Å². The maximum Gasteiger partial charge on any atom is 0.337 e. The lowest BCUT2D eigenvalue weighted by atomic mass is 10.1. The summed E-state index contributed by atoms with van der Waals surface area (Å²) in [4.78, 5) is 11.8. The molecule has 0 saturated carbocycles. The van der Waals surface area contributed by atoms with Crippen LogP contribution in [0.3, 0.4) is 0 Å². The number of methoxy groups -OCH3 is 1. The zero-order chi connectivity index (χ0) is 15.1.